The summed E-state index contributed by atoms with van der Waals surface area (Å²) in [5.74, 6) is 0.732. The minimum Gasteiger partial charge on any atom is -0.497 e. The van der Waals surface area contributed by atoms with Crippen molar-refractivity contribution in [3.63, 3.8) is 0 Å². The second kappa shape index (κ2) is 7.49. The standard InChI is InChI=1S/C23H18N6O2/c1-3-11-28-14-24-21-19(23(28)30)20-22(27-18-10-5-4-9-17(18)26-20)29(21)25-13-15-7-6-8-16(12-15)31-2/h3-10,12-14H,1,11H2,2H3/p+1. The van der Waals surface area contributed by atoms with E-state index < -0.39 is 0 Å². The van der Waals surface area contributed by atoms with Crippen LogP contribution >= 0.6 is 0 Å². The van der Waals surface area contributed by atoms with E-state index in [2.05, 4.69) is 16.7 Å². The molecule has 31 heavy (non-hydrogen) atoms. The molecule has 8 nitrogen and oxygen atoms in total. The largest absolute Gasteiger partial charge is 0.497 e. The molecule has 0 unspecified atom stereocenters. The maximum Gasteiger partial charge on any atom is 0.323 e. The van der Waals surface area contributed by atoms with Crippen LogP contribution in [0.4, 0.5) is 0 Å². The molecule has 3 aromatic heterocycles. The molecule has 8 heteroatoms. The zero-order valence-electron chi connectivity index (χ0n) is 16.8. The van der Waals surface area contributed by atoms with E-state index >= 15 is 0 Å². The molecule has 1 N–H and O–H groups in total. The van der Waals surface area contributed by atoms with Gasteiger partial charge in [0.15, 0.2) is 11.7 Å². The zero-order valence-corrected chi connectivity index (χ0v) is 16.8. The Kier molecular flexibility index (Phi) is 4.51. The number of methoxy groups -OCH3 is 1. The van der Waals surface area contributed by atoms with Gasteiger partial charge >= 0.3 is 5.56 Å². The summed E-state index contributed by atoms with van der Waals surface area (Å²) in [6.45, 7) is 4.10. The summed E-state index contributed by atoms with van der Waals surface area (Å²) >= 11 is 0. The number of hydrogen-bond acceptors (Lipinski definition) is 5. The van der Waals surface area contributed by atoms with E-state index in [0.29, 0.717) is 34.3 Å². The van der Waals surface area contributed by atoms with Crippen LogP contribution in [0, 0.1) is 0 Å². The molecule has 0 fully saturated rings. The highest BCUT2D eigenvalue weighted by Gasteiger charge is 2.24. The molecule has 0 radical (unpaired) electrons. The quantitative estimate of drug-likeness (QED) is 0.329. The van der Waals surface area contributed by atoms with Gasteiger partial charge in [0, 0.05) is 0 Å². The fourth-order valence-corrected chi connectivity index (χ4v) is 3.54. The molecule has 3 heterocycles. The fourth-order valence-electron chi connectivity index (χ4n) is 3.54. The summed E-state index contributed by atoms with van der Waals surface area (Å²) < 4.78 is 8.44. The maximum atomic E-state index is 13.2. The molecule has 0 bridgehead atoms. The van der Waals surface area contributed by atoms with E-state index in [0.717, 1.165) is 16.8 Å². The molecule has 0 saturated heterocycles. The lowest BCUT2D eigenvalue weighted by Crippen LogP contribution is -2.26. The number of rotatable bonds is 5. The lowest BCUT2D eigenvalue weighted by molar-refractivity contribution is -0.357. The summed E-state index contributed by atoms with van der Waals surface area (Å²) in [4.78, 5) is 25.8. The summed E-state index contributed by atoms with van der Waals surface area (Å²) in [6.07, 6.45) is 4.98. The third-order valence-corrected chi connectivity index (χ3v) is 5.01. The molecule has 0 spiro atoms. The maximum absolute atomic E-state index is 13.2. The van der Waals surface area contributed by atoms with Crippen LogP contribution in [0.15, 0.2) is 77.4 Å². The molecule has 0 aliphatic carbocycles. The van der Waals surface area contributed by atoms with Crippen molar-refractivity contribution in [3.05, 3.63) is 83.4 Å². The molecule has 0 atom stereocenters. The van der Waals surface area contributed by atoms with Gasteiger partial charge in [0.1, 0.15) is 11.3 Å². The Morgan fingerprint density at radius 2 is 1.97 bits per heavy atom. The fraction of sp³-hybridized carbons (Fsp3) is 0.0870. The molecular weight excluding hydrogens is 392 g/mol. The van der Waals surface area contributed by atoms with Crippen LogP contribution in [-0.2, 0) is 6.54 Å². The van der Waals surface area contributed by atoms with Crippen LogP contribution in [0.3, 0.4) is 0 Å². The third kappa shape index (κ3) is 3.14. The lowest BCUT2D eigenvalue weighted by Gasteiger charge is -2.00. The van der Waals surface area contributed by atoms with Crippen LogP contribution in [0.2, 0.25) is 0 Å². The SMILES string of the molecule is C=CCn1c[nH+]c2c(c1=O)c1nc3ccccc3nc1n2N=Cc1cccc(OC)c1. The van der Waals surface area contributed by atoms with Gasteiger partial charge in [-0.2, -0.15) is 0 Å². The molecule has 5 aromatic rings. The molecule has 2 aromatic carbocycles. The molecule has 0 aliphatic rings. The van der Waals surface area contributed by atoms with Gasteiger partial charge in [0.25, 0.3) is 5.65 Å². The zero-order chi connectivity index (χ0) is 21.4. The van der Waals surface area contributed by atoms with Gasteiger partial charge < -0.3 is 4.74 Å². The topological polar surface area (TPSA) is 88.4 Å². The monoisotopic (exact) mass is 411 g/mol. The Hall–Kier alpha value is -4.33. The Morgan fingerprint density at radius 1 is 1.16 bits per heavy atom. The van der Waals surface area contributed by atoms with Gasteiger partial charge in [-0.1, -0.05) is 36.9 Å². The predicted molar refractivity (Wildman–Crippen MR) is 120 cm³/mol. The van der Waals surface area contributed by atoms with E-state index in [9.17, 15) is 4.79 Å². The van der Waals surface area contributed by atoms with Gasteiger partial charge in [0.05, 0.1) is 30.9 Å². The van der Waals surface area contributed by atoms with E-state index in [1.807, 2.05) is 48.5 Å². The minimum absolute atomic E-state index is 0.182. The molecular formula is C23H19N6O2+. The number of aromatic nitrogens is 5. The summed E-state index contributed by atoms with van der Waals surface area (Å²) in [5.41, 5.74) is 3.62. The van der Waals surface area contributed by atoms with E-state index in [1.165, 1.54) is 0 Å². The van der Waals surface area contributed by atoms with Gasteiger partial charge in [-0.05, 0) is 29.8 Å². The van der Waals surface area contributed by atoms with E-state index in [-0.39, 0.29) is 5.56 Å². The molecule has 0 amide bonds. The van der Waals surface area contributed by atoms with E-state index in [4.69, 9.17) is 14.7 Å². The van der Waals surface area contributed by atoms with Crippen LogP contribution < -0.4 is 15.3 Å². The number of fused-ring (bicyclic) bond motifs is 4. The van der Waals surface area contributed by atoms with Crippen molar-refractivity contribution in [1.29, 1.82) is 0 Å². The molecule has 152 valence electrons. The Morgan fingerprint density at radius 3 is 2.74 bits per heavy atom. The predicted octanol–water partition coefficient (Wildman–Crippen LogP) is 2.79. The summed E-state index contributed by atoms with van der Waals surface area (Å²) in [5, 5.41) is 5.06. The van der Waals surface area contributed by atoms with Crippen molar-refractivity contribution in [3.8, 4) is 5.75 Å². The van der Waals surface area contributed by atoms with Crippen LogP contribution in [0.5, 0.6) is 5.75 Å². The number of benzene rings is 2. The number of aromatic amines is 1. The van der Waals surface area contributed by atoms with E-state index in [1.54, 1.807) is 35.0 Å². The number of H-pyrrole nitrogens is 1. The van der Waals surface area contributed by atoms with Crippen molar-refractivity contribution in [1.82, 2.24) is 19.2 Å². The Bertz CT molecular complexity index is 1550. The van der Waals surface area contributed by atoms with Crippen molar-refractivity contribution in [2.24, 2.45) is 5.10 Å². The Balaban J connectivity index is 1.82. The number of hydrogen-bond donors (Lipinski definition) is 0. The number of allylic oxidation sites excluding steroid dienone is 1. The first kappa shape index (κ1) is 18.7. The number of ether oxygens (including phenoxy) is 1. The average molecular weight is 411 g/mol. The summed E-state index contributed by atoms with van der Waals surface area (Å²) in [6, 6.07) is 15.1. The molecule has 0 aliphatic heterocycles. The second-order valence-corrected chi connectivity index (χ2v) is 6.96. The van der Waals surface area contributed by atoms with Crippen LogP contribution in [-0.4, -0.2) is 32.5 Å². The normalized spacial score (nSPS) is 11.6. The minimum atomic E-state index is -0.182. The highest BCUT2D eigenvalue weighted by Crippen LogP contribution is 2.23. The number of nitrogens with one attached hydrogen (secondary N) is 1. The van der Waals surface area contributed by atoms with Crippen molar-refractivity contribution in [2.45, 2.75) is 6.54 Å². The van der Waals surface area contributed by atoms with Crippen molar-refractivity contribution in [2.75, 3.05) is 7.11 Å². The highest BCUT2D eigenvalue weighted by molar-refractivity contribution is 6.03. The molecule has 5 rings (SSSR count). The highest BCUT2D eigenvalue weighted by atomic mass is 16.5. The number of para-hydroxylation sites is 2. The van der Waals surface area contributed by atoms with Crippen LogP contribution in [0.25, 0.3) is 33.2 Å². The van der Waals surface area contributed by atoms with Crippen molar-refractivity contribution < 1.29 is 9.72 Å². The Labute approximate surface area is 176 Å². The first-order chi connectivity index (χ1) is 15.2. The van der Waals surface area contributed by atoms with Crippen molar-refractivity contribution >= 4 is 39.4 Å². The number of nitrogens with zero attached hydrogens (tertiary/aromatic N) is 5. The summed E-state index contributed by atoms with van der Waals surface area (Å²) in [7, 11) is 1.62. The first-order valence-corrected chi connectivity index (χ1v) is 9.71. The average Bonchev–Trinajstić information content (AvgIpc) is 3.11. The molecule has 0 saturated carbocycles. The van der Waals surface area contributed by atoms with Gasteiger partial charge in [0.2, 0.25) is 5.65 Å². The smallest absolute Gasteiger partial charge is 0.323 e. The lowest BCUT2D eigenvalue weighted by atomic mass is 10.2. The first-order valence-electron chi connectivity index (χ1n) is 9.71. The van der Waals surface area contributed by atoms with Gasteiger partial charge in [-0.15, -0.1) is 9.78 Å². The van der Waals surface area contributed by atoms with Gasteiger partial charge in [-0.25, -0.2) is 24.3 Å². The van der Waals surface area contributed by atoms with Crippen LogP contribution in [0.1, 0.15) is 5.56 Å². The second-order valence-electron chi connectivity index (χ2n) is 6.96. The third-order valence-electron chi connectivity index (χ3n) is 5.01. The van der Waals surface area contributed by atoms with Gasteiger partial charge in [-0.3, -0.25) is 0 Å².